The minimum absolute atomic E-state index is 0. The van der Waals surface area contributed by atoms with Gasteiger partial charge in [0.15, 0.2) is 0 Å². The molecule has 0 saturated heterocycles. The zero-order valence-corrected chi connectivity index (χ0v) is 52.6. The molecule has 0 unspecified atom stereocenters. The Morgan fingerprint density at radius 3 is 1.06 bits per heavy atom. The number of hydrogen-bond donors (Lipinski definition) is 7. The Morgan fingerprint density at radius 1 is 0.392 bits per heavy atom. The monoisotopic (exact) mass is 1190 g/mol. The van der Waals surface area contributed by atoms with Gasteiger partial charge in [-0.15, -0.1) is 30.7 Å². The van der Waals surface area contributed by atoms with Crippen molar-refractivity contribution in [2.45, 2.75) is 19.6 Å². The maximum absolute atomic E-state index is 13.7. The van der Waals surface area contributed by atoms with Gasteiger partial charge in [0.25, 0.3) is 20.2 Å². The molecule has 79 heavy (non-hydrogen) atoms. The number of nitrogens with two attached hydrogens (primary N) is 4. The minimum atomic E-state index is -5.25. The van der Waals surface area contributed by atoms with E-state index in [1.54, 1.807) is 0 Å². The van der Waals surface area contributed by atoms with Gasteiger partial charge in [0.1, 0.15) is 52.8 Å². The van der Waals surface area contributed by atoms with E-state index in [2.05, 4.69) is 46.2 Å². The van der Waals surface area contributed by atoms with Gasteiger partial charge in [-0.25, -0.2) is 16.8 Å². The van der Waals surface area contributed by atoms with Crippen molar-refractivity contribution in [1.82, 2.24) is 0 Å². The average Bonchev–Trinajstić information content (AvgIpc) is 3.31. The maximum Gasteiger partial charge on any atom is 1.00 e. The van der Waals surface area contributed by atoms with Crippen molar-refractivity contribution < 1.29 is 180 Å². The summed E-state index contributed by atoms with van der Waals surface area (Å²) in [5, 5.41) is 60.2. The van der Waals surface area contributed by atoms with Crippen LogP contribution in [-0.4, -0.2) is 51.9 Å². The molecule has 0 bridgehead atoms. The molecule has 0 atom stereocenters. The summed E-state index contributed by atoms with van der Waals surface area (Å²) in [7, 11) is -20.9. The molecular weight excluding hydrogens is 1150 g/mol. The normalized spacial score (nSPS) is 12.2. The van der Waals surface area contributed by atoms with Crippen LogP contribution in [-0.2, 0) is 40.5 Å². The maximum atomic E-state index is 13.7. The SMILES string of the molecule is Nc1ccc(N=Nc2ccc(N=Nc3c(S(=O)(=O)O)cc4cc(Nc5ccc6c([O-])c(N=Nc7ccc(N=Nc8ccc(N)cc8N)c(S(=O)(=O)[O-])c7)c(S(=O)(=O)O)cc6c5)ccc4c3[O-])cc2S(=O)(=O)[O-])c(N)c1.[Na+].[Na+].[Na+].[Na+]. The quantitative estimate of drug-likeness (QED) is 0.0237. The van der Waals surface area contributed by atoms with Gasteiger partial charge in [-0.05, 0) is 131 Å². The second-order valence-corrected chi connectivity index (χ2v) is 21.2. The number of anilines is 6. The third-order valence-corrected chi connectivity index (χ3v) is 14.0. The molecule has 8 aromatic rings. The van der Waals surface area contributed by atoms with Gasteiger partial charge in [0.2, 0.25) is 0 Å². The first-order chi connectivity index (χ1) is 35.1. The van der Waals surface area contributed by atoms with E-state index < -0.39 is 94.3 Å². The van der Waals surface area contributed by atoms with Gasteiger partial charge < -0.3 is 47.6 Å². The fourth-order valence-corrected chi connectivity index (χ4v) is 9.60. The van der Waals surface area contributed by atoms with Gasteiger partial charge >= 0.3 is 118 Å². The van der Waals surface area contributed by atoms with E-state index in [9.17, 15) is 62.1 Å². The third-order valence-electron chi connectivity index (χ3n) is 10.5. The molecule has 0 aromatic heterocycles. The van der Waals surface area contributed by atoms with Crippen LogP contribution < -0.4 is 157 Å². The summed E-state index contributed by atoms with van der Waals surface area (Å²) >= 11 is 0. The van der Waals surface area contributed by atoms with Crippen molar-refractivity contribution in [3.8, 4) is 11.5 Å². The number of nitrogen functional groups attached to an aromatic ring is 4. The van der Waals surface area contributed by atoms with Crippen LogP contribution in [0.25, 0.3) is 21.5 Å². The summed E-state index contributed by atoms with van der Waals surface area (Å²) in [6.45, 7) is 0. The van der Waals surface area contributed by atoms with Crippen molar-refractivity contribution in [2.75, 3.05) is 28.3 Å². The first-order valence-electron chi connectivity index (χ1n) is 20.6. The van der Waals surface area contributed by atoms with Crippen molar-refractivity contribution >= 4 is 142 Å². The van der Waals surface area contributed by atoms with Gasteiger partial charge in [0.05, 0.1) is 43.9 Å². The Hall–Kier alpha value is -5.08. The number of nitrogens with zero attached hydrogens (tertiary/aromatic N) is 8. The van der Waals surface area contributed by atoms with Crippen LogP contribution >= 0.6 is 0 Å². The topological polar surface area (TPSA) is 484 Å². The van der Waals surface area contributed by atoms with Crippen molar-refractivity contribution in [3.63, 3.8) is 0 Å². The summed E-state index contributed by atoms with van der Waals surface area (Å²) in [5.74, 6) is -2.12. The van der Waals surface area contributed by atoms with Gasteiger partial charge in [-0.2, -0.15) is 27.1 Å². The smallest absolute Gasteiger partial charge is 0.871 e. The van der Waals surface area contributed by atoms with Crippen LogP contribution in [0.5, 0.6) is 11.5 Å². The van der Waals surface area contributed by atoms with E-state index in [0.29, 0.717) is 11.4 Å². The molecule has 0 fully saturated rings. The summed E-state index contributed by atoms with van der Waals surface area (Å²) in [5.41, 5.74) is 21.0. The molecule has 0 amide bonds. The third kappa shape index (κ3) is 15.7. The Kier molecular flexibility index (Phi) is 22.1. The molecule has 0 spiro atoms. The molecule has 0 saturated carbocycles. The molecule has 0 aliphatic carbocycles. The standard InChI is InChI=1S/C44H35N13O14S4.4Na/c45-23-1-9-33(31(47)17-23)52-54-35-11-5-27(19-37(35)72(60,61)62)50-56-41-39(74(66,67)68)15-21-13-25(3-7-29(21)43(41)58)49-26-4-8-30-22(14-26)16-40(75(69,70)71)42(44(30)59)57-51-28-6-12-36(38(20-28)73(63,64)65)55-53-34-10-2-24(46)18-32(34)48;;;;/h1-20,49,58-59H,45-48H2,(H,60,61,62)(H,63,64,65)(H,66,67,68)(H,69,70,71);;;;/q;4*+1/p-4. The Morgan fingerprint density at radius 2 is 0.734 bits per heavy atom. The van der Waals surface area contributed by atoms with Gasteiger partial charge in [-0.3, -0.25) is 9.11 Å². The van der Waals surface area contributed by atoms with E-state index in [4.69, 9.17) is 22.9 Å². The number of hydrogen-bond acceptors (Lipinski definition) is 25. The molecule has 27 nitrogen and oxygen atoms in total. The van der Waals surface area contributed by atoms with Crippen LogP contribution in [0, 0.1) is 0 Å². The summed E-state index contributed by atoms with van der Waals surface area (Å²) in [4.78, 5) is -3.86. The Bertz CT molecular complexity index is 4060. The zero-order chi connectivity index (χ0) is 54.4. The first-order valence-corrected chi connectivity index (χ1v) is 26.3. The molecule has 11 N–H and O–H groups in total. The number of nitrogens with one attached hydrogen (secondary N) is 1. The van der Waals surface area contributed by atoms with E-state index >= 15 is 0 Å². The van der Waals surface area contributed by atoms with E-state index in [0.717, 1.165) is 48.5 Å². The first kappa shape index (κ1) is 66.4. The average molecular weight is 1190 g/mol. The number of benzene rings is 8. The van der Waals surface area contributed by atoms with Gasteiger partial charge in [-0.1, -0.05) is 23.6 Å². The Balaban J connectivity index is 0.00000336. The largest absolute Gasteiger partial charge is 1.00 e. The summed E-state index contributed by atoms with van der Waals surface area (Å²) in [6, 6.07) is 23.8. The van der Waals surface area contributed by atoms with Crippen LogP contribution in [0.2, 0.25) is 0 Å². The molecule has 384 valence electrons. The number of azo groups is 4. The van der Waals surface area contributed by atoms with E-state index in [1.165, 1.54) is 72.8 Å². The molecule has 8 aromatic carbocycles. The van der Waals surface area contributed by atoms with Crippen LogP contribution in [0.1, 0.15) is 0 Å². The number of rotatable bonds is 14. The van der Waals surface area contributed by atoms with Crippen LogP contribution in [0.3, 0.4) is 0 Å². The second-order valence-electron chi connectivity index (χ2n) is 15.7. The molecule has 0 aliphatic heterocycles. The predicted molar refractivity (Wildman–Crippen MR) is 266 cm³/mol. The van der Waals surface area contributed by atoms with E-state index in [-0.39, 0.29) is 185 Å². The molecule has 0 heterocycles. The van der Waals surface area contributed by atoms with Crippen molar-refractivity contribution in [3.05, 3.63) is 121 Å². The fraction of sp³-hybridized carbons (Fsp3) is 0. The summed E-state index contributed by atoms with van der Waals surface area (Å²) in [6.07, 6.45) is 0. The zero-order valence-electron chi connectivity index (χ0n) is 41.4. The fourth-order valence-electron chi connectivity index (χ4n) is 7.04. The van der Waals surface area contributed by atoms with Crippen LogP contribution in [0.4, 0.5) is 79.6 Å². The van der Waals surface area contributed by atoms with Crippen molar-refractivity contribution in [1.29, 1.82) is 0 Å². The minimum Gasteiger partial charge on any atom is -0.871 e. The molecule has 0 radical (unpaired) electrons. The molecule has 8 rings (SSSR count). The van der Waals surface area contributed by atoms with E-state index in [1.807, 2.05) is 0 Å². The Labute approximate surface area is 537 Å². The van der Waals surface area contributed by atoms with Crippen molar-refractivity contribution in [2.24, 2.45) is 40.9 Å². The number of fused-ring (bicyclic) bond motifs is 2. The molecular formula is C44H31N13Na4O14S4. The molecule has 35 heteroatoms. The summed E-state index contributed by atoms with van der Waals surface area (Å²) < 4.78 is 144. The van der Waals surface area contributed by atoms with Gasteiger partial charge in [0, 0.05) is 22.7 Å². The van der Waals surface area contributed by atoms with Crippen LogP contribution in [0.15, 0.2) is 182 Å². The molecule has 0 aliphatic rings. The second kappa shape index (κ2) is 26.2. The predicted octanol–water partition coefficient (Wildman–Crippen LogP) is -3.81.